The fraction of sp³-hybridized carbons (Fsp3) is 0.250. The lowest BCUT2D eigenvalue weighted by Crippen LogP contribution is -2.32. The summed E-state index contributed by atoms with van der Waals surface area (Å²) in [7, 11) is 0.365. The molecule has 30 heavy (non-hydrogen) atoms. The first-order valence-electron chi connectivity index (χ1n) is 9.97. The van der Waals surface area contributed by atoms with E-state index in [2.05, 4.69) is 24.1 Å². The number of phenols is 1. The Kier molecular flexibility index (Phi) is 5.79. The fourth-order valence-electron chi connectivity index (χ4n) is 3.86. The number of ether oxygens (including phenoxy) is 1. The van der Waals surface area contributed by atoms with Crippen LogP contribution in [0.25, 0.3) is 0 Å². The summed E-state index contributed by atoms with van der Waals surface area (Å²) < 4.78 is 18.3. The molecule has 6 heteroatoms. The van der Waals surface area contributed by atoms with E-state index >= 15 is 0 Å². The van der Waals surface area contributed by atoms with E-state index in [1.165, 1.54) is 5.56 Å². The number of methoxy groups -OCH3 is 1. The van der Waals surface area contributed by atoms with Gasteiger partial charge in [0.15, 0.2) is 11.5 Å². The summed E-state index contributed by atoms with van der Waals surface area (Å²) in [4.78, 5) is 3.97. The summed E-state index contributed by atoms with van der Waals surface area (Å²) in [6, 6.07) is 17.4. The molecule has 1 aliphatic heterocycles. The lowest BCUT2D eigenvalue weighted by atomic mass is 10.1. The molecule has 0 bridgehead atoms. The summed E-state index contributed by atoms with van der Waals surface area (Å²) in [6.45, 7) is 6.12. The Morgan fingerprint density at radius 1 is 1.03 bits per heavy atom. The molecular weight excluding hydrogens is 396 g/mol. The first-order valence-corrected chi connectivity index (χ1v) is 11.1. The predicted molar refractivity (Wildman–Crippen MR) is 120 cm³/mol. The Morgan fingerprint density at radius 2 is 1.83 bits per heavy atom. The molecule has 1 aliphatic rings. The summed E-state index contributed by atoms with van der Waals surface area (Å²) in [5, 5.41) is 13.7. The van der Waals surface area contributed by atoms with Crippen LogP contribution in [-0.2, 0) is 17.3 Å². The Morgan fingerprint density at radius 3 is 2.63 bits per heavy atom. The molecule has 0 amide bonds. The van der Waals surface area contributed by atoms with Crippen molar-refractivity contribution >= 4 is 22.2 Å². The molecule has 0 saturated carbocycles. The van der Waals surface area contributed by atoms with Crippen molar-refractivity contribution in [3.63, 3.8) is 0 Å². The number of anilines is 2. The summed E-state index contributed by atoms with van der Waals surface area (Å²) in [5.74, 6) is 0.643. The number of para-hydroxylation sites is 2. The van der Waals surface area contributed by atoms with Gasteiger partial charge in [-0.3, -0.25) is 0 Å². The zero-order chi connectivity index (χ0) is 21.3. The molecule has 156 valence electrons. The van der Waals surface area contributed by atoms with Crippen LogP contribution in [0, 0.1) is 13.8 Å². The van der Waals surface area contributed by atoms with Crippen molar-refractivity contribution in [1.29, 1.82) is 0 Å². The summed E-state index contributed by atoms with van der Waals surface area (Å²) in [6.07, 6.45) is 0. The van der Waals surface area contributed by atoms with E-state index in [1.54, 1.807) is 13.2 Å². The topological polar surface area (TPSA) is 61.8 Å². The molecule has 3 aromatic rings. The van der Waals surface area contributed by atoms with Crippen molar-refractivity contribution in [3.05, 3.63) is 71.3 Å². The normalized spacial score (nSPS) is 14.9. The van der Waals surface area contributed by atoms with Crippen molar-refractivity contribution in [1.82, 2.24) is 5.32 Å². The average Bonchev–Trinajstić information content (AvgIpc) is 2.76. The molecule has 2 N–H and O–H groups in total. The van der Waals surface area contributed by atoms with E-state index in [4.69, 9.17) is 4.74 Å². The quantitative estimate of drug-likeness (QED) is 0.576. The van der Waals surface area contributed by atoms with Gasteiger partial charge in [0.25, 0.3) is 0 Å². The van der Waals surface area contributed by atoms with Crippen LogP contribution in [0.3, 0.4) is 0 Å². The zero-order valence-electron chi connectivity index (χ0n) is 17.4. The largest absolute Gasteiger partial charge is 0.504 e. The van der Waals surface area contributed by atoms with Crippen LogP contribution < -0.4 is 15.0 Å². The number of phenolic OH excluding ortho intramolecular Hbond substituents is 1. The molecular formula is C24H26N2O3S. The van der Waals surface area contributed by atoms with Crippen molar-refractivity contribution in [2.24, 2.45) is 0 Å². The van der Waals surface area contributed by atoms with Crippen LogP contribution >= 0.6 is 0 Å². The highest BCUT2D eigenvalue weighted by molar-refractivity contribution is 7.85. The van der Waals surface area contributed by atoms with E-state index in [1.807, 2.05) is 48.5 Å². The molecule has 0 aromatic heterocycles. The van der Waals surface area contributed by atoms with Crippen LogP contribution in [-0.4, -0.2) is 29.5 Å². The van der Waals surface area contributed by atoms with Crippen LogP contribution in [0.5, 0.6) is 11.5 Å². The van der Waals surface area contributed by atoms with Crippen molar-refractivity contribution in [3.8, 4) is 11.5 Å². The van der Waals surface area contributed by atoms with E-state index in [0.29, 0.717) is 18.8 Å². The number of hydrogen-bond acceptors (Lipinski definition) is 5. The summed E-state index contributed by atoms with van der Waals surface area (Å²) in [5.41, 5.74) is 5.16. The predicted octanol–water partition coefficient (Wildman–Crippen LogP) is 4.43. The Labute approximate surface area is 179 Å². The van der Waals surface area contributed by atoms with Crippen molar-refractivity contribution in [2.45, 2.75) is 30.2 Å². The third kappa shape index (κ3) is 3.57. The highest BCUT2D eigenvalue weighted by atomic mass is 32.2. The van der Waals surface area contributed by atoms with Gasteiger partial charge in [-0.2, -0.15) is 0 Å². The van der Waals surface area contributed by atoms with Crippen molar-refractivity contribution < 1.29 is 14.1 Å². The number of aryl methyl sites for hydroxylation is 1. The molecule has 0 spiro atoms. The standard InChI is InChI=1S/C24H26N2O3S/c1-16-11-12-22-23(17(16)2)26(19-8-4-5-10-21(19)30(22)28)14-13-25-15-18-7-6-9-20(29-3)24(18)27/h4-12,25,27H,13-15H2,1-3H3. The molecule has 1 unspecified atom stereocenters. The lowest BCUT2D eigenvalue weighted by Gasteiger charge is -2.34. The second kappa shape index (κ2) is 8.50. The molecule has 0 aliphatic carbocycles. The SMILES string of the molecule is COc1cccc(CNCCN2c3ccccc3S(=O)c3ccc(C)c(C)c32)c1O. The maximum Gasteiger partial charge on any atom is 0.162 e. The third-order valence-electron chi connectivity index (χ3n) is 5.62. The molecule has 0 radical (unpaired) electrons. The first kappa shape index (κ1) is 20.4. The number of benzene rings is 3. The van der Waals surface area contributed by atoms with E-state index < -0.39 is 10.8 Å². The van der Waals surface area contributed by atoms with Gasteiger partial charge in [0.1, 0.15) is 0 Å². The average molecular weight is 423 g/mol. The van der Waals surface area contributed by atoms with Crippen molar-refractivity contribution in [2.75, 3.05) is 25.1 Å². The molecule has 3 aromatic carbocycles. The highest BCUT2D eigenvalue weighted by Crippen LogP contribution is 2.44. The lowest BCUT2D eigenvalue weighted by molar-refractivity contribution is 0.369. The van der Waals surface area contributed by atoms with Crippen LogP contribution in [0.15, 0.2) is 64.4 Å². The second-order valence-corrected chi connectivity index (χ2v) is 8.80. The minimum atomic E-state index is -1.18. The van der Waals surface area contributed by atoms with Gasteiger partial charge in [0.2, 0.25) is 0 Å². The molecule has 4 rings (SSSR count). The Balaban J connectivity index is 1.57. The van der Waals surface area contributed by atoms with Gasteiger partial charge in [-0.25, -0.2) is 4.21 Å². The van der Waals surface area contributed by atoms with Crippen LogP contribution in [0.2, 0.25) is 0 Å². The smallest absolute Gasteiger partial charge is 0.162 e. The monoisotopic (exact) mass is 422 g/mol. The molecule has 0 fully saturated rings. The first-order chi connectivity index (χ1) is 14.5. The molecule has 1 heterocycles. The van der Waals surface area contributed by atoms with Gasteiger partial charge in [-0.1, -0.05) is 30.3 Å². The second-order valence-electron chi connectivity index (χ2n) is 7.39. The van der Waals surface area contributed by atoms with Gasteiger partial charge >= 0.3 is 0 Å². The zero-order valence-corrected chi connectivity index (χ0v) is 18.3. The third-order valence-corrected chi connectivity index (χ3v) is 7.09. The van der Waals surface area contributed by atoms with E-state index in [0.717, 1.165) is 38.8 Å². The minimum absolute atomic E-state index is 0.169. The molecule has 1 atom stereocenters. The summed E-state index contributed by atoms with van der Waals surface area (Å²) >= 11 is 0. The van der Waals surface area contributed by atoms with Crippen LogP contribution in [0.1, 0.15) is 16.7 Å². The fourth-order valence-corrected chi connectivity index (χ4v) is 5.30. The Hall–Kier alpha value is -2.83. The number of aromatic hydroxyl groups is 1. The van der Waals surface area contributed by atoms with Gasteiger partial charge in [-0.15, -0.1) is 0 Å². The van der Waals surface area contributed by atoms with Gasteiger partial charge < -0.3 is 20.1 Å². The van der Waals surface area contributed by atoms with Gasteiger partial charge in [0.05, 0.1) is 39.1 Å². The van der Waals surface area contributed by atoms with Gasteiger partial charge in [0, 0.05) is 25.2 Å². The number of hydrogen-bond donors (Lipinski definition) is 2. The molecule has 0 saturated heterocycles. The highest BCUT2D eigenvalue weighted by Gasteiger charge is 2.29. The van der Waals surface area contributed by atoms with E-state index in [9.17, 15) is 9.32 Å². The number of fused-ring (bicyclic) bond motifs is 2. The number of nitrogens with zero attached hydrogens (tertiary/aromatic N) is 1. The number of nitrogens with one attached hydrogen (secondary N) is 1. The van der Waals surface area contributed by atoms with E-state index in [-0.39, 0.29) is 5.75 Å². The van der Waals surface area contributed by atoms with Gasteiger partial charge in [-0.05, 0) is 49.2 Å². The molecule has 5 nitrogen and oxygen atoms in total. The minimum Gasteiger partial charge on any atom is -0.504 e. The number of rotatable bonds is 6. The van der Waals surface area contributed by atoms with Crippen LogP contribution in [0.4, 0.5) is 11.4 Å². The maximum atomic E-state index is 13.2. The Bertz CT molecular complexity index is 1110. The maximum absolute atomic E-state index is 13.2.